The molecule has 0 amide bonds. The van der Waals surface area contributed by atoms with Gasteiger partial charge in [-0.05, 0) is 23.8 Å². The molecule has 0 aliphatic heterocycles. The molecule has 0 saturated carbocycles. The summed E-state index contributed by atoms with van der Waals surface area (Å²) in [4.78, 5) is 12.1. The molecule has 130 valence electrons. The monoisotopic (exact) mass is 352 g/mol. The van der Waals surface area contributed by atoms with E-state index >= 15 is 0 Å². The van der Waals surface area contributed by atoms with Crippen LogP contribution in [0.2, 0.25) is 0 Å². The highest BCUT2D eigenvalue weighted by molar-refractivity contribution is 5.95. The minimum atomic E-state index is -0.900. The number of hydrogen-bond acceptors (Lipinski definition) is 5. The molecule has 0 atom stereocenters. The summed E-state index contributed by atoms with van der Waals surface area (Å²) >= 11 is 0. The van der Waals surface area contributed by atoms with Crippen LogP contribution in [-0.4, -0.2) is 19.5 Å². The van der Waals surface area contributed by atoms with E-state index in [2.05, 4.69) is 15.0 Å². The summed E-state index contributed by atoms with van der Waals surface area (Å²) in [6, 6.07) is 5.65. The first-order chi connectivity index (χ1) is 12.5. The lowest BCUT2D eigenvalue weighted by atomic mass is 10.1. The number of fused-ring (bicyclic) bond motifs is 1. The molecule has 0 aliphatic carbocycles. The van der Waals surface area contributed by atoms with Crippen LogP contribution in [0.4, 0.5) is 20.5 Å². The Hall–Kier alpha value is -3.55. The molecule has 0 unspecified atom stereocenters. The van der Waals surface area contributed by atoms with Gasteiger partial charge >= 0.3 is 0 Å². The van der Waals surface area contributed by atoms with E-state index in [1.165, 1.54) is 12.1 Å². The van der Waals surface area contributed by atoms with Crippen LogP contribution in [0.3, 0.4) is 0 Å². The number of pyridine rings is 1. The topological polar surface area (TPSA) is 95.6 Å². The average Bonchev–Trinajstić information content (AvgIpc) is 2.99. The van der Waals surface area contributed by atoms with Gasteiger partial charge in [0, 0.05) is 41.3 Å². The largest absolute Gasteiger partial charge is 0.383 e. The summed E-state index contributed by atoms with van der Waals surface area (Å²) in [7, 11) is 0. The predicted octanol–water partition coefficient (Wildman–Crippen LogP) is 2.98. The fourth-order valence-electron chi connectivity index (χ4n) is 2.90. The Balaban J connectivity index is 1.85. The molecule has 6 nitrogen and oxygen atoms in total. The molecule has 4 rings (SSSR count). The lowest BCUT2D eigenvalue weighted by Crippen LogP contribution is -2.07. The molecule has 26 heavy (non-hydrogen) atoms. The maximum absolute atomic E-state index is 13.7. The number of benzene rings is 1. The van der Waals surface area contributed by atoms with Gasteiger partial charge in [0.05, 0.1) is 12.1 Å². The summed E-state index contributed by atoms with van der Waals surface area (Å²) in [5.41, 5.74) is 14.3. The van der Waals surface area contributed by atoms with Crippen molar-refractivity contribution in [1.82, 2.24) is 19.5 Å². The van der Waals surface area contributed by atoms with E-state index in [0.29, 0.717) is 23.5 Å². The van der Waals surface area contributed by atoms with Crippen molar-refractivity contribution < 1.29 is 8.78 Å². The zero-order chi connectivity index (χ0) is 18.3. The Kier molecular flexibility index (Phi) is 3.72. The highest BCUT2D eigenvalue weighted by atomic mass is 19.2. The fourth-order valence-corrected chi connectivity index (χ4v) is 2.90. The molecule has 0 spiro atoms. The normalized spacial score (nSPS) is 11.2. The summed E-state index contributed by atoms with van der Waals surface area (Å²) in [6.07, 6.45) is 6.76. The summed E-state index contributed by atoms with van der Waals surface area (Å²) in [5.74, 6) is -1.39. The van der Waals surface area contributed by atoms with Crippen LogP contribution in [-0.2, 0) is 6.54 Å². The number of nitrogens with two attached hydrogens (primary N) is 2. The van der Waals surface area contributed by atoms with Gasteiger partial charge in [0.25, 0.3) is 0 Å². The summed E-state index contributed by atoms with van der Waals surface area (Å²) in [5, 5.41) is 0.813. The number of halogens is 2. The van der Waals surface area contributed by atoms with E-state index in [-0.39, 0.29) is 5.95 Å². The number of nitrogen functional groups attached to an aromatic ring is 2. The SMILES string of the molecule is Nc1ncc(Cn2cc(-c3ccc(F)c(F)c3)c3cnccc32)c(N)n1. The molecule has 3 aromatic heterocycles. The molecule has 0 fully saturated rings. The van der Waals surface area contributed by atoms with Gasteiger partial charge in [0.1, 0.15) is 5.82 Å². The third-order valence-electron chi connectivity index (χ3n) is 4.17. The minimum Gasteiger partial charge on any atom is -0.383 e. The first-order valence-corrected chi connectivity index (χ1v) is 7.78. The van der Waals surface area contributed by atoms with Crippen LogP contribution >= 0.6 is 0 Å². The minimum absolute atomic E-state index is 0.107. The smallest absolute Gasteiger partial charge is 0.221 e. The second-order valence-electron chi connectivity index (χ2n) is 5.83. The van der Waals surface area contributed by atoms with Crippen molar-refractivity contribution in [2.75, 3.05) is 11.5 Å². The third-order valence-corrected chi connectivity index (χ3v) is 4.17. The molecule has 4 N–H and O–H groups in total. The Morgan fingerprint density at radius 1 is 1.04 bits per heavy atom. The van der Waals surface area contributed by atoms with E-state index in [1.807, 2.05) is 16.8 Å². The van der Waals surface area contributed by atoms with Gasteiger partial charge in [-0.2, -0.15) is 4.98 Å². The lowest BCUT2D eigenvalue weighted by molar-refractivity contribution is 0.509. The van der Waals surface area contributed by atoms with Crippen molar-refractivity contribution in [2.24, 2.45) is 0 Å². The van der Waals surface area contributed by atoms with Crippen molar-refractivity contribution in [1.29, 1.82) is 0 Å². The van der Waals surface area contributed by atoms with E-state index in [0.717, 1.165) is 22.5 Å². The molecule has 0 bridgehead atoms. The number of anilines is 2. The molecule has 1 aromatic carbocycles. The third kappa shape index (κ3) is 2.71. The van der Waals surface area contributed by atoms with Crippen LogP contribution < -0.4 is 11.5 Å². The van der Waals surface area contributed by atoms with Crippen molar-refractivity contribution >= 4 is 22.7 Å². The second kappa shape index (κ2) is 6.07. The summed E-state index contributed by atoms with van der Waals surface area (Å²) in [6.45, 7) is 0.399. The highest BCUT2D eigenvalue weighted by Crippen LogP contribution is 2.31. The van der Waals surface area contributed by atoms with Crippen molar-refractivity contribution in [3.8, 4) is 11.1 Å². The lowest BCUT2D eigenvalue weighted by Gasteiger charge is -2.07. The molecule has 3 heterocycles. The van der Waals surface area contributed by atoms with E-state index < -0.39 is 11.6 Å². The number of aromatic nitrogens is 4. The van der Waals surface area contributed by atoms with Gasteiger partial charge < -0.3 is 16.0 Å². The van der Waals surface area contributed by atoms with Crippen LogP contribution in [0.1, 0.15) is 5.56 Å². The Labute approximate surface area is 147 Å². The van der Waals surface area contributed by atoms with Gasteiger partial charge in [-0.3, -0.25) is 4.98 Å². The van der Waals surface area contributed by atoms with E-state index in [4.69, 9.17) is 11.5 Å². The number of rotatable bonds is 3. The molecular weight excluding hydrogens is 338 g/mol. The Bertz CT molecular complexity index is 1120. The van der Waals surface area contributed by atoms with Gasteiger partial charge in [-0.15, -0.1) is 0 Å². The van der Waals surface area contributed by atoms with E-state index in [1.54, 1.807) is 18.6 Å². The molecular formula is C18H14F2N6. The zero-order valence-electron chi connectivity index (χ0n) is 13.5. The molecule has 0 saturated heterocycles. The highest BCUT2D eigenvalue weighted by Gasteiger charge is 2.14. The first kappa shape index (κ1) is 15.9. The van der Waals surface area contributed by atoms with Gasteiger partial charge in [0.15, 0.2) is 11.6 Å². The quantitative estimate of drug-likeness (QED) is 0.591. The molecule has 4 aromatic rings. The van der Waals surface area contributed by atoms with E-state index in [9.17, 15) is 8.78 Å². The zero-order valence-corrected chi connectivity index (χ0v) is 13.5. The van der Waals surface area contributed by atoms with Gasteiger partial charge in [0.2, 0.25) is 5.95 Å². The Morgan fingerprint density at radius 3 is 2.65 bits per heavy atom. The fraction of sp³-hybridized carbons (Fsp3) is 0.0556. The van der Waals surface area contributed by atoms with Crippen molar-refractivity contribution in [3.05, 3.63) is 66.3 Å². The maximum atomic E-state index is 13.7. The van der Waals surface area contributed by atoms with Crippen LogP contribution in [0.5, 0.6) is 0 Å². The van der Waals surface area contributed by atoms with Gasteiger partial charge in [-0.25, -0.2) is 13.8 Å². The van der Waals surface area contributed by atoms with Gasteiger partial charge in [-0.1, -0.05) is 6.07 Å². The van der Waals surface area contributed by atoms with Crippen molar-refractivity contribution in [3.63, 3.8) is 0 Å². The second-order valence-corrected chi connectivity index (χ2v) is 5.83. The predicted molar refractivity (Wildman–Crippen MR) is 95.0 cm³/mol. The maximum Gasteiger partial charge on any atom is 0.221 e. The molecule has 0 radical (unpaired) electrons. The number of hydrogen-bond donors (Lipinski definition) is 2. The summed E-state index contributed by atoms with van der Waals surface area (Å²) < 4.78 is 28.9. The van der Waals surface area contributed by atoms with Crippen LogP contribution in [0.15, 0.2) is 49.1 Å². The Morgan fingerprint density at radius 2 is 1.88 bits per heavy atom. The van der Waals surface area contributed by atoms with Crippen LogP contribution in [0.25, 0.3) is 22.0 Å². The molecule has 0 aliphatic rings. The van der Waals surface area contributed by atoms with Crippen molar-refractivity contribution in [2.45, 2.75) is 6.54 Å². The first-order valence-electron chi connectivity index (χ1n) is 7.78. The van der Waals surface area contributed by atoms with Crippen LogP contribution in [0, 0.1) is 11.6 Å². The average molecular weight is 352 g/mol. The molecule has 8 heteroatoms. The standard InChI is InChI=1S/C18H14F2N6/c19-14-2-1-10(5-15(14)20)13-9-26(16-3-4-23-7-12(13)16)8-11-6-24-18(22)25-17(11)21/h1-7,9H,8H2,(H4,21,22,24,25). The number of nitrogens with zero attached hydrogens (tertiary/aromatic N) is 4.